The lowest BCUT2D eigenvalue weighted by Crippen LogP contribution is -2.49. The van der Waals surface area contributed by atoms with E-state index in [0.717, 1.165) is 69.1 Å². The van der Waals surface area contributed by atoms with Gasteiger partial charge in [0.05, 0.1) is 5.41 Å². The first kappa shape index (κ1) is 15.4. The molecule has 1 aliphatic carbocycles. The molecular weight excluding hydrogens is 310 g/mol. The Morgan fingerprint density at radius 3 is 2.48 bits per heavy atom. The number of nitrogens with one attached hydrogen (secondary N) is 1. The number of halogens is 1. The quantitative estimate of drug-likeness (QED) is 0.917. The van der Waals surface area contributed by atoms with Gasteiger partial charge in [-0.05, 0) is 37.0 Å². The fourth-order valence-corrected chi connectivity index (χ4v) is 4.22. The summed E-state index contributed by atoms with van der Waals surface area (Å²) in [5, 5.41) is 4.13. The van der Waals surface area contributed by atoms with E-state index in [0.29, 0.717) is 11.9 Å². The van der Waals surface area contributed by atoms with Crippen LogP contribution in [0, 0.1) is 0 Å². The standard InChI is InChI=1S/C18H24ClN3O/c19-15-3-1-14(2-4-15)18(6-7-18)17(23)22-10-5-16(13-22)21-11-8-20-9-12-21/h1-4,16,20H,5-13H2. The average Bonchev–Trinajstić information content (AvgIpc) is 3.25. The molecule has 23 heavy (non-hydrogen) atoms. The largest absolute Gasteiger partial charge is 0.340 e. The number of nitrogens with zero attached hydrogens (tertiary/aromatic N) is 2. The Hall–Kier alpha value is -1.10. The van der Waals surface area contributed by atoms with E-state index in [-0.39, 0.29) is 5.41 Å². The molecule has 5 heteroatoms. The molecule has 0 bridgehead atoms. The van der Waals surface area contributed by atoms with Crippen LogP contribution in [0.15, 0.2) is 24.3 Å². The smallest absolute Gasteiger partial charge is 0.233 e. The molecule has 1 aromatic rings. The molecule has 1 amide bonds. The van der Waals surface area contributed by atoms with Gasteiger partial charge in [-0.15, -0.1) is 0 Å². The van der Waals surface area contributed by atoms with Crippen molar-refractivity contribution in [1.82, 2.24) is 15.1 Å². The van der Waals surface area contributed by atoms with Crippen molar-refractivity contribution in [3.05, 3.63) is 34.9 Å². The summed E-state index contributed by atoms with van der Waals surface area (Å²) in [6, 6.07) is 8.39. The van der Waals surface area contributed by atoms with Gasteiger partial charge in [-0.2, -0.15) is 0 Å². The summed E-state index contributed by atoms with van der Waals surface area (Å²) >= 11 is 5.99. The lowest BCUT2D eigenvalue weighted by molar-refractivity contribution is -0.133. The normalized spacial score (nSPS) is 27.2. The number of carbonyl (C=O) groups excluding carboxylic acids is 1. The molecule has 124 valence electrons. The highest BCUT2D eigenvalue weighted by atomic mass is 35.5. The lowest BCUT2D eigenvalue weighted by Gasteiger charge is -2.33. The molecule has 1 saturated carbocycles. The molecule has 4 nitrogen and oxygen atoms in total. The Balaban J connectivity index is 1.44. The molecule has 2 saturated heterocycles. The molecule has 2 heterocycles. The first-order valence-corrected chi connectivity index (χ1v) is 9.07. The molecule has 1 N–H and O–H groups in total. The number of hydrogen-bond acceptors (Lipinski definition) is 3. The zero-order valence-corrected chi connectivity index (χ0v) is 14.2. The van der Waals surface area contributed by atoms with Gasteiger partial charge in [-0.1, -0.05) is 23.7 Å². The van der Waals surface area contributed by atoms with E-state index in [9.17, 15) is 4.79 Å². The van der Waals surface area contributed by atoms with Gasteiger partial charge in [0.1, 0.15) is 0 Å². The SMILES string of the molecule is O=C(N1CCC(N2CCNCC2)C1)C1(c2ccc(Cl)cc2)CC1. The molecule has 0 aromatic heterocycles. The zero-order chi connectivity index (χ0) is 15.9. The van der Waals surface area contributed by atoms with E-state index in [1.807, 2.05) is 24.3 Å². The highest BCUT2D eigenvalue weighted by molar-refractivity contribution is 6.30. The number of amides is 1. The van der Waals surface area contributed by atoms with E-state index in [1.54, 1.807) is 0 Å². The Bertz CT molecular complexity index is 578. The van der Waals surface area contributed by atoms with Crippen LogP contribution in [-0.2, 0) is 10.2 Å². The Morgan fingerprint density at radius 1 is 1.13 bits per heavy atom. The van der Waals surface area contributed by atoms with E-state index in [4.69, 9.17) is 11.6 Å². The molecule has 1 unspecified atom stereocenters. The Morgan fingerprint density at radius 2 is 1.83 bits per heavy atom. The minimum atomic E-state index is -0.261. The molecular formula is C18H24ClN3O. The minimum Gasteiger partial charge on any atom is -0.340 e. The maximum atomic E-state index is 13.1. The van der Waals surface area contributed by atoms with Crippen LogP contribution >= 0.6 is 11.6 Å². The fourth-order valence-electron chi connectivity index (χ4n) is 4.09. The zero-order valence-electron chi connectivity index (χ0n) is 13.4. The van der Waals surface area contributed by atoms with E-state index < -0.39 is 0 Å². The van der Waals surface area contributed by atoms with Crippen LogP contribution in [-0.4, -0.2) is 61.0 Å². The number of likely N-dealkylation sites (tertiary alicyclic amines) is 1. The maximum absolute atomic E-state index is 13.1. The van der Waals surface area contributed by atoms with Crippen molar-refractivity contribution in [3.8, 4) is 0 Å². The van der Waals surface area contributed by atoms with Crippen molar-refractivity contribution in [2.75, 3.05) is 39.3 Å². The number of piperazine rings is 1. The number of rotatable bonds is 3. The van der Waals surface area contributed by atoms with Crippen molar-refractivity contribution >= 4 is 17.5 Å². The topological polar surface area (TPSA) is 35.6 Å². The van der Waals surface area contributed by atoms with Crippen molar-refractivity contribution in [1.29, 1.82) is 0 Å². The van der Waals surface area contributed by atoms with Crippen LogP contribution in [0.2, 0.25) is 5.02 Å². The summed E-state index contributed by atoms with van der Waals surface area (Å²) in [6.07, 6.45) is 3.06. The Labute approximate surface area is 142 Å². The van der Waals surface area contributed by atoms with Crippen LogP contribution < -0.4 is 5.32 Å². The fraction of sp³-hybridized carbons (Fsp3) is 0.611. The highest BCUT2D eigenvalue weighted by Gasteiger charge is 2.53. The summed E-state index contributed by atoms with van der Waals surface area (Å²) < 4.78 is 0. The second kappa shape index (κ2) is 6.08. The summed E-state index contributed by atoms with van der Waals surface area (Å²) in [4.78, 5) is 17.8. The van der Waals surface area contributed by atoms with Gasteiger partial charge < -0.3 is 10.2 Å². The van der Waals surface area contributed by atoms with Crippen molar-refractivity contribution in [2.45, 2.75) is 30.7 Å². The predicted molar refractivity (Wildman–Crippen MR) is 91.8 cm³/mol. The summed E-state index contributed by atoms with van der Waals surface area (Å²) in [5.74, 6) is 0.331. The van der Waals surface area contributed by atoms with Crippen LogP contribution in [0.3, 0.4) is 0 Å². The summed E-state index contributed by atoms with van der Waals surface area (Å²) in [6.45, 7) is 6.15. The van der Waals surface area contributed by atoms with Gasteiger partial charge in [0, 0.05) is 50.3 Å². The molecule has 3 fully saturated rings. The van der Waals surface area contributed by atoms with Crippen LogP contribution in [0.25, 0.3) is 0 Å². The van der Waals surface area contributed by atoms with Crippen LogP contribution in [0.4, 0.5) is 0 Å². The second-order valence-electron chi connectivity index (χ2n) is 7.07. The maximum Gasteiger partial charge on any atom is 0.233 e. The van der Waals surface area contributed by atoms with Gasteiger partial charge in [0.25, 0.3) is 0 Å². The lowest BCUT2D eigenvalue weighted by atomic mass is 9.94. The van der Waals surface area contributed by atoms with Crippen molar-refractivity contribution in [3.63, 3.8) is 0 Å². The van der Waals surface area contributed by atoms with Gasteiger partial charge in [0.2, 0.25) is 5.91 Å². The van der Waals surface area contributed by atoms with Gasteiger partial charge in [0.15, 0.2) is 0 Å². The monoisotopic (exact) mass is 333 g/mol. The first-order valence-electron chi connectivity index (χ1n) is 8.69. The van der Waals surface area contributed by atoms with Crippen LogP contribution in [0.1, 0.15) is 24.8 Å². The minimum absolute atomic E-state index is 0.261. The van der Waals surface area contributed by atoms with Crippen molar-refractivity contribution in [2.24, 2.45) is 0 Å². The molecule has 4 rings (SSSR count). The second-order valence-corrected chi connectivity index (χ2v) is 7.51. The molecule has 1 aromatic carbocycles. The summed E-state index contributed by atoms with van der Waals surface area (Å²) in [5.41, 5.74) is 0.876. The van der Waals surface area contributed by atoms with Gasteiger partial charge in [-0.25, -0.2) is 0 Å². The van der Waals surface area contributed by atoms with Gasteiger partial charge >= 0.3 is 0 Å². The molecule has 0 radical (unpaired) electrons. The third kappa shape index (κ3) is 2.88. The highest BCUT2D eigenvalue weighted by Crippen LogP contribution is 2.50. The predicted octanol–water partition coefficient (Wildman–Crippen LogP) is 1.88. The first-order chi connectivity index (χ1) is 11.2. The molecule has 0 spiro atoms. The third-order valence-electron chi connectivity index (χ3n) is 5.67. The molecule has 1 atom stereocenters. The van der Waals surface area contributed by atoms with E-state index >= 15 is 0 Å². The van der Waals surface area contributed by atoms with E-state index in [1.165, 1.54) is 0 Å². The number of benzene rings is 1. The van der Waals surface area contributed by atoms with E-state index in [2.05, 4.69) is 15.1 Å². The Kier molecular flexibility index (Phi) is 4.08. The molecule has 3 aliphatic rings. The van der Waals surface area contributed by atoms with Crippen LogP contribution in [0.5, 0.6) is 0 Å². The number of carbonyl (C=O) groups is 1. The number of hydrogen-bond donors (Lipinski definition) is 1. The van der Waals surface area contributed by atoms with Gasteiger partial charge in [-0.3, -0.25) is 9.69 Å². The molecule has 2 aliphatic heterocycles. The average molecular weight is 334 g/mol. The third-order valence-corrected chi connectivity index (χ3v) is 5.93. The van der Waals surface area contributed by atoms with Crippen molar-refractivity contribution < 1.29 is 4.79 Å². The summed E-state index contributed by atoms with van der Waals surface area (Å²) in [7, 11) is 0.